The molecular formula is C16H16O6. The van der Waals surface area contributed by atoms with Crippen LogP contribution in [0, 0.1) is 0 Å². The van der Waals surface area contributed by atoms with Crippen LogP contribution in [0.25, 0.3) is 0 Å². The van der Waals surface area contributed by atoms with Gasteiger partial charge in [0.05, 0.1) is 13.2 Å². The van der Waals surface area contributed by atoms with Crippen LogP contribution in [-0.4, -0.2) is 33.6 Å². The Kier molecular flexibility index (Phi) is 3.46. The number of methoxy groups -OCH3 is 1. The van der Waals surface area contributed by atoms with Gasteiger partial charge in [-0.2, -0.15) is 0 Å². The number of aromatic hydroxyl groups is 3. The first-order chi connectivity index (χ1) is 10.5. The summed E-state index contributed by atoms with van der Waals surface area (Å²) in [6.07, 6.45) is -1.40. The number of benzene rings is 2. The average molecular weight is 304 g/mol. The number of hydrogen-bond donors (Lipinski definition) is 4. The number of phenols is 3. The molecule has 6 heteroatoms. The van der Waals surface area contributed by atoms with Crippen molar-refractivity contribution in [1.82, 2.24) is 0 Å². The molecule has 116 valence electrons. The first-order valence-corrected chi connectivity index (χ1v) is 6.76. The second-order valence-electron chi connectivity index (χ2n) is 5.18. The van der Waals surface area contributed by atoms with E-state index in [9.17, 15) is 20.4 Å². The summed E-state index contributed by atoms with van der Waals surface area (Å²) >= 11 is 0. The van der Waals surface area contributed by atoms with Gasteiger partial charge < -0.3 is 29.9 Å². The molecule has 22 heavy (non-hydrogen) atoms. The Morgan fingerprint density at radius 1 is 1.05 bits per heavy atom. The standard InChI is InChI=1S/C16H16O6/c1-21-9-5-12(18)10-7-14(20)16(22-15(10)6-9)8-2-3-11(17)13(19)4-8/h2-6,14,16-20H,7H2,1H3/t14-,16+/m0/s1. The van der Waals surface area contributed by atoms with Crippen LogP contribution in [0.15, 0.2) is 30.3 Å². The SMILES string of the molecule is COc1cc(O)c2c(c1)O[C@H](c1ccc(O)c(O)c1)[C@@H](O)C2. The summed E-state index contributed by atoms with van der Waals surface area (Å²) in [5.41, 5.74) is 1.03. The topological polar surface area (TPSA) is 99.4 Å². The molecule has 0 saturated heterocycles. The van der Waals surface area contributed by atoms with Gasteiger partial charge in [0.15, 0.2) is 11.5 Å². The molecular weight excluding hydrogens is 288 g/mol. The molecule has 1 heterocycles. The Bertz CT molecular complexity index is 712. The first-order valence-electron chi connectivity index (χ1n) is 6.76. The van der Waals surface area contributed by atoms with Gasteiger partial charge in [-0.15, -0.1) is 0 Å². The van der Waals surface area contributed by atoms with Crippen LogP contribution >= 0.6 is 0 Å². The lowest BCUT2D eigenvalue weighted by Gasteiger charge is -2.31. The van der Waals surface area contributed by atoms with Crippen LogP contribution in [0.5, 0.6) is 28.7 Å². The summed E-state index contributed by atoms with van der Waals surface area (Å²) in [7, 11) is 1.48. The summed E-state index contributed by atoms with van der Waals surface area (Å²) in [6.45, 7) is 0. The Hall–Kier alpha value is -2.60. The third kappa shape index (κ3) is 2.37. The van der Waals surface area contributed by atoms with Gasteiger partial charge in [0.25, 0.3) is 0 Å². The van der Waals surface area contributed by atoms with Gasteiger partial charge in [-0.05, 0) is 17.7 Å². The van der Waals surface area contributed by atoms with Gasteiger partial charge in [-0.3, -0.25) is 0 Å². The summed E-state index contributed by atoms with van der Waals surface area (Å²) < 4.78 is 10.9. The average Bonchev–Trinajstić information content (AvgIpc) is 2.50. The van der Waals surface area contributed by atoms with Gasteiger partial charge in [0, 0.05) is 24.1 Å². The molecule has 1 aliphatic heterocycles. The van der Waals surface area contributed by atoms with Crippen LogP contribution in [0.1, 0.15) is 17.2 Å². The molecule has 1 aliphatic rings. The number of aliphatic hydroxyl groups is 1. The lowest BCUT2D eigenvalue weighted by molar-refractivity contribution is 0.0197. The predicted octanol–water partition coefficient (Wildman–Crippen LogP) is 1.85. The zero-order valence-electron chi connectivity index (χ0n) is 11.9. The van der Waals surface area contributed by atoms with E-state index in [0.29, 0.717) is 22.6 Å². The summed E-state index contributed by atoms with van der Waals surface area (Å²) in [4.78, 5) is 0. The minimum Gasteiger partial charge on any atom is -0.507 e. The van der Waals surface area contributed by atoms with Gasteiger partial charge in [-0.25, -0.2) is 0 Å². The van der Waals surface area contributed by atoms with Crippen molar-refractivity contribution in [3.63, 3.8) is 0 Å². The first kappa shape index (κ1) is 14.3. The second kappa shape index (κ2) is 5.31. The third-order valence-corrected chi connectivity index (χ3v) is 3.74. The largest absolute Gasteiger partial charge is 0.507 e. The van der Waals surface area contributed by atoms with Crippen molar-refractivity contribution in [2.24, 2.45) is 0 Å². The van der Waals surface area contributed by atoms with E-state index in [1.165, 1.54) is 25.3 Å². The van der Waals surface area contributed by atoms with Crippen molar-refractivity contribution in [2.75, 3.05) is 7.11 Å². The van der Waals surface area contributed by atoms with E-state index in [0.717, 1.165) is 0 Å². The smallest absolute Gasteiger partial charge is 0.157 e. The Morgan fingerprint density at radius 2 is 1.82 bits per heavy atom. The quantitative estimate of drug-likeness (QED) is 0.632. The molecule has 6 nitrogen and oxygen atoms in total. The monoisotopic (exact) mass is 304 g/mol. The lowest BCUT2D eigenvalue weighted by atomic mass is 9.94. The van der Waals surface area contributed by atoms with E-state index in [2.05, 4.69) is 0 Å². The van der Waals surface area contributed by atoms with E-state index >= 15 is 0 Å². The molecule has 4 N–H and O–H groups in total. The summed E-state index contributed by atoms with van der Waals surface area (Å²) in [6, 6.07) is 7.33. The fourth-order valence-electron chi connectivity index (χ4n) is 2.57. The van der Waals surface area contributed by atoms with Gasteiger partial charge in [0.2, 0.25) is 0 Å². The summed E-state index contributed by atoms with van der Waals surface area (Å²) in [5.74, 6) is 0.335. The number of rotatable bonds is 2. The van der Waals surface area contributed by atoms with Crippen LogP contribution in [-0.2, 0) is 6.42 Å². The number of ether oxygens (including phenoxy) is 2. The molecule has 2 aromatic carbocycles. The third-order valence-electron chi connectivity index (χ3n) is 3.74. The molecule has 0 fully saturated rings. The second-order valence-corrected chi connectivity index (χ2v) is 5.18. The number of hydrogen-bond acceptors (Lipinski definition) is 6. The van der Waals surface area contributed by atoms with Crippen LogP contribution < -0.4 is 9.47 Å². The van der Waals surface area contributed by atoms with Gasteiger partial charge in [0.1, 0.15) is 23.4 Å². The number of aliphatic hydroxyl groups excluding tert-OH is 1. The van der Waals surface area contributed by atoms with Gasteiger partial charge >= 0.3 is 0 Å². The van der Waals surface area contributed by atoms with E-state index in [1.54, 1.807) is 12.1 Å². The summed E-state index contributed by atoms with van der Waals surface area (Å²) in [5, 5.41) is 39.2. The van der Waals surface area contributed by atoms with Crippen molar-refractivity contribution < 1.29 is 29.9 Å². The normalized spacial score (nSPS) is 20.1. The Morgan fingerprint density at radius 3 is 2.50 bits per heavy atom. The number of phenolic OH excluding ortho intramolecular Hbond substituents is 3. The molecule has 2 atom stereocenters. The fraction of sp³-hybridized carbons (Fsp3) is 0.250. The highest BCUT2D eigenvalue weighted by molar-refractivity contribution is 5.52. The van der Waals surface area contributed by atoms with Crippen LogP contribution in [0.2, 0.25) is 0 Å². The molecule has 3 rings (SSSR count). The highest BCUT2D eigenvalue weighted by Gasteiger charge is 2.32. The number of fused-ring (bicyclic) bond motifs is 1. The van der Waals surface area contributed by atoms with E-state index in [-0.39, 0.29) is 23.7 Å². The van der Waals surface area contributed by atoms with Crippen LogP contribution in [0.4, 0.5) is 0 Å². The molecule has 0 aromatic heterocycles. The highest BCUT2D eigenvalue weighted by Crippen LogP contribution is 2.42. The zero-order valence-corrected chi connectivity index (χ0v) is 11.9. The maximum absolute atomic E-state index is 10.3. The fourth-order valence-corrected chi connectivity index (χ4v) is 2.57. The van der Waals surface area contributed by atoms with Crippen molar-refractivity contribution in [3.05, 3.63) is 41.5 Å². The molecule has 0 saturated carbocycles. The van der Waals surface area contributed by atoms with Crippen molar-refractivity contribution in [2.45, 2.75) is 18.6 Å². The van der Waals surface area contributed by atoms with E-state index in [1.807, 2.05) is 0 Å². The predicted molar refractivity (Wildman–Crippen MR) is 77.5 cm³/mol. The highest BCUT2D eigenvalue weighted by atomic mass is 16.5. The molecule has 0 radical (unpaired) electrons. The molecule has 0 amide bonds. The minimum absolute atomic E-state index is 0.000373. The minimum atomic E-state index is -0.893. The Labute approximate surface area is 126 Å². The molecule has 0 spiro atoms. The molecule has 0 bridgehead atoms. The zero-order chi connectivity index (χ0) is 15.9. The Balaban J connectivity index is 1.99. The molecule has 2 aromatic rings. The van der Waals surface area contributed by atoms with Crippen molar-refractivity contribution in [1.29, 1.82) is 0 Å². The van der Waals surface area contributed by atoms with Crippen molar-refractivity contribution >= 4 is 0 Å². The van der Waals surface area contributed by atoms with E-state index in [4.69, 9.17) is 9.47 Å². The molecule has 0 aliphatic carbocycles. The maximum Gasteiger partial charge on any atom is 0.157 e. The molecule has 0 unspecified atom stereocenters. The van der Waals surface area contributed by atoms with Crippen LogP contribution in [0.3, 0.4) is 0 Å². The lowest BCUT2D eigenvalue weighted by Crippen LogP contribution is -2.30. The van der Waals surface area contributed by atoms with E-state index < -0.39 is 12.2 Å². The van der Waals surface area contributed by atoms with Gasteiger partial charge in [-0.1, -0.05) is 6.07 Å². The maximum atomic E-state index is 10.3. The van der Waals surface area contributed by atoms with Crippen molar-refractivity contribution in [3.8, 4) is 28.7 Å².